The lowest BCUT2D eigenvalue weighted by atomic mass is 9.90. The van der Waals surface area contributed by atoms with Crippen LogP contribution >= 0.6 is 0 Å². The lowest BCUT2D eigenvalue weighted by molar-refractivity contribution is 0.393. The van der Waals surface area contributed by atoms with Crippen LogP contribution in [0, 0.1) is 6.92 Å². The highest BCUT2D eigenvalue weighted by Crippen LogP contribution is 2.43. The highest BCUT2D eigenvalue weighted by atomic mass is 16.5. The van der Waals surface area contributed by atoms with Crippen molar-refractivity contribution in [3.05, 3.63) is 23.7 Å². The number of fused-ring (bicyclic) bond motifs is 1. The molecule has 1 heterocycles. The van der Waals surface area contributed by atoms with Crippen LogP contribution in [0.4, 0.5) is 0 Å². The Balaban J connectivity index is 2.91. The van der Waals surface area contributed by atoms with Crippen LogP contribution < -0.4 is 9.47 Å². The van der Waals surface area contributed by atoms with Crippen LogP contribution in [0.15, 0.2) is 16.5 Å². The van der Waals surface area contributed by atoms with Gasteiger partial charge in [0.05, 0.1) is 25.0 Å². The van der Waals surface area contributed by atoms with Crippen LogP contribution in [-0.4, -0.2) is 14.2 Å². The first-order chi connectivity index (χ1) is 8.40. The molecule has 0 atom stereocenters. The van der Waals surface area contributed by atoms with Crippen molar-refractivity contribution in [2.75, 3.05) is 14.2 Å². The summed E-state index contributed by atoms with van der Waals surface area (Å²) in [5.74, 6) is 3.45. The third kappa shape index (κ3) is 1.84. The van der Waals surface area contributed by atoms with Gasteiger partial charge in [-0.05, 0) is 19.1 Å². The average Bonchev–Trinajstić information content (AvgIpc) is 2.66. The molecule has 2 rings (SSSR count). The second-order valence-corrected chi connectivity index (χ2v) is 5.46. The average molecular weight is 248 g/mol. The molecule has 0 spiro atoms. The molecule has 0 unspecified atom stereocenters. The number of ether oxygens (including phenoxy) is 2. The molecular weight excluding hydrogens is 228 g/mol. The fourth-order valence-corrected chi connectivity index (χ4v) is 2.26. The summed E-state index contributed by atoms with van der Waals surface area (Å²) in [4.78, 5) is 0. The van der Waals surface area contributed by atoms with E-state index in [1.807, 2.05) is 19.1 Å². The molecular formula is C15H20O3. The van der Waals surface area contributed by atoms with Gasteiger partial charge in [-0.3, -0.25) is 0 Å². The van der Waals surface area contributed by atoms with Crippen LogP contribution in [0.3, 0.4) is 0 Å². The summed E-state index contributed by atoms with van der Waals surface area (Å²) in [7, 11) is 3.35. The van der Waals surface area contributed by atoms with Crippen molar-refractivity contribution < 1.29 is 13.9 Å². The summed E-state index contributed by atoms with van der Waals surface area (Å²) in [6, 6.07) is 3.83. The number of hydrogen-bond acceptors (Lipinski definition) is 3. The Morgan fingerprint density at radius 1 is 0.944 bits per heavy atom. The minimum absolute atomic E-state index is 0.0772. The van der Waals surface area contributed by atoms with E-state index in [0.29, 0.717) is 0 Å². The van der Waals surface area contributed by atoms with E-state index in [0.717, 1.165) is 33.8 Å². The molecule has 2 aromatic rings. The molecule has 0 saturated heterocycles. The Hall–Kier alpha value is -1.64. The first-order valence-electron chi connectivity index (χ1n) is 6.04. The fourth-order valence-electron chi connectivity index (χ4n) is 2.26. The van der Waals surface area contributed by atoms with Gasteiger partial charge in [0.2, 0.25) is 0 Å². The number of benzene rings is 1. The van der Waals surface area contributed by atoms with Gasteiger partial charge in [-0.1, -0.05) is 20.8 Å². The zero-order valence-corrected chi connectivity index (χ0v) is 11.9. The molecule has 0 N–H and O–H groups in total. The summed E-state index contributed by atoms with van der Waals surface area (Å²) < 4.78 is 16.8. The van der Waals surface area contributed by atoms with Crippen molar-refractivity contribution in [3.8, 4) is 11.5 Å². The highest BCUT2D eigenvalue weighted by molar-refractivity contribution is 5.97. The van der Waals surface area contributed by atoms with Gasteiger partial charge < -0.3 is 13.9 Å². The molecule has 0 amide bonds. The van der Waals surface area contributed by atoms with E-state index in [1.165, 1.54) is 0 Å². The Labute approximate surface area is 108 Å². The second kappa shape index (κ2) is 4.23. The van der Waals surface area contributed by atoms with Crippen molar-refractivity contribution in [1.82, 2.24) is 0 Å². The SMILES string of the molecule is COc1ccc(OC)c2c(C(C)(C)C)oc(C)c12. The number of methoxy groups -OCH3 is 2. The van der Waals surface area contributed by atoms with Gasteiger partial charge >= 0.3 is 0 Å². The molecule has 3 heteroatoms. The van der Waals surface area contributed by atoms with Gasteiger partial charge in [0.15, 0.2) is 0 Å². The van der Waals surface area contributed by atoms with Crippen molar-refractivity contribution in [2.24, 2.45) is 0 Å². The standard InChI is InChI=1S/C15H20O3/c1-9-12-10(16-5)7-8-11(17-6)13(12)14(18-9)15(2,3)4/h7-8H,1-6H3. The van der Waals surface area contributed by atoms with Crippen molar-refractivity contribution in [1.29, 1.82) is 0 Å². The predicted molar refractivity (Wildman–Crippen MR) is 72.8 cm³/mol. The third-order valence-electron chi connectivity index (χ3n) is 3.08. The molecule has 0 saturated carbocycles. The van der Waals surface area contributed by atoms with Crippen molar-refractivity contribution in [3.63, 3.8) is 0 Å². The molecule has 18 heavy (non-hydrogen) atoms. The van der Waals surface area contributed by atoms with Gasteiger partial charge in [-0.15, -0.1) is 0 Å². The van der Waals surface area contributed by atoms with Gasteiger partial charge in [0.1, 0.15) is 23.0 Å². The minimum atomic E-state index is -0.0772. The summed E-state index contributed by atoms with van der Waals surface area (Å²) in [6.07, 6.45) is 0. The van der Waals surface area contributed by atoms with E-state index in [2.05, 4.69) is 20.8 Å². The first kappa shape index (κ1) is 12.8. The second-order valence-electron chi connectivity index (χ2n) is 5.46. The molecule has 0 aliphatic rings. The quantitative estimate of drug-likeness (QED) is 0.803. The fraction of sp³-hybridized carbons (Fsp3) is 0.467. The molecule has 0 aliphatic carbocycles. The van der Waals surface area contributed by atoms with Crippen molar-refractivity contribution >= 4 is 10.8 Å². The van der Waals surface area contributed by atoms with Gasteiger partial charge in [0, 0.05) is 5.41 Å². The largest absolute Gasteiger partial charge is 0.496 e. The highest BCUT2D eigenvalue weighted by Gasteiger charge is 2.27. The molecule has 0 aliphatic heterocycles. The lowest BCUT2D eigenvalue weighted by Crippen LogP contribution is -2.10. The van der Waals surface area contributed by atoms with E-state index in [-0.39, 0.29) is 5.41 Å². The number of furan rings is 1. The van der Waals surface area contributed by atoms with E-state index in [1.54, 1.807) is 14.2 Å². The van der Waals surface area contributed by atoms with Crippen LogP contribution in [0.2, 0.25) is 0 Å². The van der Waals surface area contributed by atoms with Crippen LogP contribution in [0.25, 0.3) is 10.8 Å². The van der Waals surface area contributed by atoms with Gasteiger partial charge in [0.25, 0.3) is 0 Å². The summed E-state index contributed by atoms with van der Waals surface area (Å²) >= 11 is 0. The minimum Gasteiger partial charge on any atom is -0.496 e. The van der Waals surface area contributed by atoms with E-state index in [4.69, 9.17) is 13.9 Å². The third-order valence-corrected chi connectivity index (χ3v) is 3.08. The predicted octanol–water partition coefficient (Wildman–Crippen LogP) is 4.06. The van der Waals surface area contributed by atoms with E-state index in [9.17, 15) is 0 Å². The maximum atomic E-state index is 5.95. The Bertz CT molecular complexity index is 573. The lowest BCUT2D eigenvalue weighted by Gasteiger charge is -2.16. The molecule has 1 aromatic heterocycles. The Morgan fingerprint density at radius 2 is 1.44 bits per heavy atom. The Kier molecular flexibility index (Phi) is 3.01. The number of aryl methyl sites for hydroxylation is 1. The normalized spacial score (nSPS) is 11.9. The van der Waals surface area contributed by atoms with Crippen molar-refractivity contribution in [2.45, 2.75) is 33.1 Å². The van der Waals surface area contributed by atoms with Gasteiger partial charge in [-0.25, -0.2) is 0 Å². The molecule has 0 bridgehead atoms. The molecule has 0 radical (unpaired) electrons. The topological polar surface area (TPSA) is 31.6 Å². The van der Waals surface area contributed by atoms with Gasteiger partial charge in [-0.2, -0.15) is 0 Å². The Morgan fingerprint density at radius 3 is 1.89 bits per heavy atom. The van der Waals surface area contributed by atoms with Crippen LogP contribution in [0.1, 0.15) is 32.3 Å². The summed E-state index contributed by atoms with van der Waals surface area (Å²) in [5.41, 5.74) is -0.0772. The zero-order valence-electron chi connectivity index (χ0n) is 11.9. The summed E-state index contributed by atoms with van der Waals surface area (Å²) in [6.45, 7) is 8.34. The molecule has 3 nitrogen and oxygen atoms in total. The number of rotatable bonds is 2. The monoisotopic (exact) mass is 248 g/mol. The van der Waals surface area contributed by atoms with Crippen LogP contribution in [-0.2, 0) is 5.41 Å². The van der Waals surface area contributed by atoms with E-state index >= 15 is 0 Å². The maximum absolute atomic E-state index is 5.95. The van der Waals surface area contributed by atoms with E-state index < -0.39 is 0 Å². The number of hydrogen-bond donors (Lipinski definition) is 0. The summed E-state index contributed by atoms with van der Waals surface area (Å²) in [5, 5.41) is 2.02. The molecule has 98 valence electrons. The first-order valence-corrected chi connectivity index (χ1v) is 6.04. The van der Waals surface area contributed by atoms with Crippen LogP contribution in [0.5, 0.6) is 11.5 Å². The smallest absolute Gasteiger partial charge is 0.130 e. The molecule has 0 fully saturated rings. The maximum Gasteiger partial charge on any atom is 0.130 e. The molecule has 1 aromatic carbocycles. The zero-order chi connectivity index (χ0) is 13.5.